The highest BCUT2D eigenvalue weighted by Gasteiger charge is 2.30. The Bertz CT molecular complexity index is 829. The van der Waals surface area contributed by atoms with E-state index in [1.54, 1.807) is 12.1 Å². The van der Waals surface area contributed by atoms with Gasteiger partial charge in [0, 0.05) is 12.1 Å². The molecule has 1 aliphatic heterocycles. The summed E-state index contributed by atoms with van der Waals surface area (Å²) in [6.45, 7) is -0.189. The van der Waals surface area contributed by atoms with Crippen LogP contribution in [-0.4, -0.2) is 18.4 Å². The summed E-state index contributed by atoms with van der Waals surface area (Å²) in [6, 6.07) is 10.2. The molecule has 0 spiro atoms. The Hall–Kier alpha value is -2.83. The molecule has 2 aromatic carbocycles. The summed E-state index contributed by atoms with van der Waals surface area (Å²) < 4.78 is 38.0. The molecule has 25 heavy (non-hydrogen) atoms. The highest BCUT2D eigenvalue weighted by Crippen LogP contribution is 2.34. The van der Waals surface area contributed by atoms with Crippen LogP contribution in [0.5, 0.6) is 0 Å². The molecule has 1 aliphatic rings. The Kier molecular flexibility index (Phi) is 4.24. The van der Waals surface area contributed by atoms with E-state index >= 15 is 0 Å². The number of alkyl halides is 3. The fourth-order valence-corrected chi connectivity index (χ4v) is 2.92. The van der Waals surface area contributed by atoms with Crippen molar-refractivity contribution in [3.8, 4) is 11.1 Å². The zero-order valence-corrected chi connectivity index (χ0v) is 13.1. The van der Waals surface area contributed by atoms with Crippen molar-refractivity contribution in [2.24, 2.45) is 5.73 Å². The number of amides is 2. The molecule has 2 N–H and O–H groups in total. The van der Waals surface area contributed by atoms with Gasteiger partial charge in [0.15, 0.2) is 0 Å². The molecule has 0 saturated carbocycles. The number of anilines is 1. The Morgan fingerprint density at radius 1 is 1.04 bits per heavy atom. The lowest BCUT2D eigenvalue weighted by Crippen LogP contribution is -2.41. The number of benzene rings is 2. The average Bonchev–Trinajstić information content (AvgIpc) is 2.56. The molecule has 0 saturated heterocycles. The fourth-order valence-electron chi connectivity index (χ4n) is 2.92. The Balaban J connectivity index is 1.93. The van der Waals surface area contributed by atoms with Crippen LogP contribution in [-0.2, 0) is 22.2 Å². The molecule has 2 amide bonds. The van der Waals surface area contributed by atoms with Gasteiger partial charge >= 0.3 is 6.18 Å². The highest BCUT2D eigenvalue weighted by molar-refractivity contribution is 6.01. The van der Waals surface area contributed by atoms with Gasteiger partial charge in [-0.1, -0.05) is 18.2 Å². The number of hydrogen-bond donors (Lipinski definition) is 1. The van der Waals surface area contributed by atoms with Crippen molar-refractivity contribution in [3.63, 3.8) is 0 Å². The molecule has 4 nitrogen and oxygen atoms in total. The summed E-state index contributed by atoms with van der Waals surface area (Å²) in [7, 11) is 0. The maximum Gasteiger partial charge on any atom is 0.416 e. The van der Waals surface area contributed by atoms with Crippen molar-refractivity contribution in [3.05, 3.63) is 53.6 Å². The molecule has 1 heterocycles. The van der Waals surface area contributed by atoms with Gasteiger partial charge in [-0.15, -0.1) is 0 Å². The van der Waals surface area contributed by atoms with Gasteiger partial charge in [0.25, 0.3) is 0 Å². The van der Waals surface area contributed by atoms with Gasteiger partial charge in [-0.05, 0) is 47.4 Å². The topological polar surface area (TPSA) is 63.4 Å². The van der Waals surface area contributed by atoms with E-state index in [0.717, 1.165) is 23.3 Å². The van der Waals surface area contributed by atoms with Crippen LogP contribution in [0, 0.1) is 0 Å². The van der Waals surface area contributed by atoms with Crippen molar-refractivity contribution < 1.29 is 22.8 Å². The minimum Gasteiger partial charge on any atom is -0.368 e. The summed E-state index contributed by atoms with van der Waals surface area (Å²) in [5.41, 5.74) is 7.36. The summed E-state index contributed by atoms with van der Waals surface area (Å²) in [6.07, 6.45) is -3.60. The molecular weight excluding hydrogens is 333 g/mol. The van der Waals surface area contributed by atoms with Crippen LogP contribution in [0.4, 0.5) is 18.9 Å². The van der Waals surface area contributed by atoms with E-state index in [2.05, 4.69) is 0 Å². The molecule has 0 bridgehead atoms. The molecule has 0 aliphatic carbocycles. The van der Waals surface area contributed by atoms with Crippen molar-refractivity contribution in [2.45, 2.75) is 19.0 Å². The zero-order chi connectivity index (χ0) is 18.2. The minimum absolute atomic E-state index is 0.173. The summed E-state index contributed by atoms with van der Waals surface area (Å²) in [4.78, 5) is 24.5. The third-order valence-corrected chi connectivity index (χ3v) is 4.14. The summed E-state index contributed by atoms with van der Waals surface area (Å²) >= 11 is 0. The number of carbonyl (C=O) groups excluding carboxylic acids is 2. The van der Waals surface area contributed by atoms with Crippen LogP contribution >= 0.6 is 0 Å². The third-order valence-electron chi connectivity index (χ3n) is 4.14. The predicted molar refractivity (Wildman–Crippen MR) is 86.7 cm³/mol. The third kappa shape index (κ3) is 3.50. The van der Waals surface area contributed by atoms with Gasteiger partial charge in [-0.25, -0.2) is 0 Å². The number of nitrogens with zero attached hydrogens (tertiary/aromatic N) is 1. The first-order valence-corrected chi connectivity index (χ1v) is 7.65. The number of nitrogens with two attached hydrogens (primary N) is 1. The second-order valence-electron chi connectivity index (χ2n) is 5.86. The number of halogens is 3. The van der Waals surface area contributed by atoms with Gasteiger partial charge < -0.3 is 10.6 Å². The van der Waals surface area contributed by atoms with Gasteiger partial charge in [0.05, 0.1) is 5.56 Å². The molecule has 0 unspecified atom stereocenters. The summed E-state index contributed by atoms with van der Waals surface area (Å²) in [5, 5.41) is 0. The minimum atomic E-state index is -4.37. The number of fused-ring (bicyclic) bond motifs is 1. The first-order valence-electron chi connectivity index (χ1n) is 7.65. The van der Waals surface area contributed by atoms with Gasteiger partial charge in [-0.3, -0.25) is 9.59 Å². The molecule has 7 heteroatoms. The van der Waals surface area contributed by atoms with E-state index in [0.29, 0.717) is 17.7 Å². The predicted octanol–water partition coefficient (Wildman–Crippen LogP) is 3.14. The van der Waals surface area contributed by atoms with E-state index in [1.807, 2.05) is 6.07 Å². The standard InChI is InChI=1S/C18H15F3N2O2/c19-18(20,21)14-5-1-11(2-6-14)12-3-7-15-13(9-12)4-8-17(25)23(15)10-16(22)24/h1-3,5-7,9H,4,8,10H2,(H2,22,24). The largest absolute Gasteiger partial charge is 0.416 e. The number of carbonyl (C=O) groups is 2. The molecule has 2 aromatic rings. The zero-order valence-electron chi connectivity index (χ0n) is 13.1. The quantitative estimate of drug-likeness (QED) is 0.926. The van der Waals surface area contributed by atoms with Crippen LogP contribution in [0.15, 0.2) is 42.5 Å². The average molecular weight is 348 g/mol. The molecule has 3 rings (SSSR count). The van der Waals surface area contributed by atoms with Crippen molar-refractivity contribution in [2.75, 3.05) is 11.4 Å². The normalized spacial score (nSPS) is 14.4. The smallest absolute Gasteiger partial charge is 0.368 e. The Morgan fingerprint density at radius 2 is 1.68 bits per heavy atom. The maximum atomic E-state index is 12.7. The lowest BCUT2D eigenvalue weighted by atomic mass is 9.95. The van der Waals surface area contributed by atoms with E-state index < -0.39 is 17.6 Å². The molecular formula is C18H15F3N2O2. The van der Waals surface area contributed by atoms with E-state index in [4.69, 9.17) is 5.73 Å². The first-order chi connectivity index (χ1) is 11.8. The molecule has 0 atom stereocenters. The summed E-state index contributed by atoms with van der Waals surface area (Å²) in [5.74, 6) is -0.776. The van der Waals surface area contributed by atoms with Crippen LogP contribution < -0.4 is 10.6 Å². The van der Waals surface area contributed by atoms with Gasteiger partial charge in [-0.2, -0.15) is 13.2 Å². The number of aryl methyl sites for hydroxylation is 1. The van der Waals surface area contributed by atoms with Crippen LogP contribution in [0.25, 0.3) is 11.1 Å². The monoisotopic (exact) mass is 348 g/mol. The molecule has 0 radical (unpaired) electrons. The molecule has 130 valence electrons. The highest BCUT2D eigenvalue weighted by atomic mass is 19.4. The lowest BCUT2D eigenvalue weighted by molar-refractivity contribution is -0.137. The SMILES string of the molecule is NC(=O)CN1C(=O)CCc2cc(-c3ccc(C(F)(F)F)cc3)ccc21. The van der Waals surface area contributed by atoms with Crippen LogP contribution in [0.1, 0.15) is 17.5 Å². The van der Waals surface area contributed by atoms with Crippen molar-refractivity contribution >= 4 is 17.5 Å². The van der Waals surface area contributed by atoms with E-state index in [1.165, 1.54) is 17.0 Å². The first kappa shape index (κ1) is 17.0. The number of hydrogen-bond acceptors (Lipinski definition) is 2. The van der Waals surface area contributed by atoms with Crippen molar-refractivity contribution in [1.82, 2.24) is 0 Å². The number of rotatable bonds is 3. The second kappa shape index (κ2) is 6.23. The second-order valence-corrected chi connectivity index (χ2v) is 5.86. The molecule has 0 fully saturated rings. The van der Waals surface area contributed by atoms with Gasteiger partial charge in [0.2, 0.25) is 11.8 Å². The Morgan fingerprint density at radius 3 is 2.28 bits per heavy atom. The maximum absolute atomic E-state index is 12.7. The van der Waals surface area contributed by atoms with E-state index in [-0.39, 0.29) is 18.9 Å². The van der Waals surface area contributed by atoms with Crippen LogP contribution in [0.3, 0.4) is 0 Å². The number of primary amides is 1. The van der Waals surface area contributed by atoms with Crippen molar-refractivity contribution in [1.29, 1.82) is 0 Å². The fraction of sp³-hybridized carbons (Fsp3) is 0.222. The van der Waals surface area contributed by atoms with Gasteiger partial charge in [0.1, 0.15) is 6.54 Å². The lowest BCUT2D eigenvalue weighted by Gasteiger charge is -2.28. The Labute approximate surface area is 142 Å². The van der Waals surface area contributed by atoms with E-state index in [9.17, 15) is 22.8 Å². The molecule has 0 aromatic heterocycles. The van der Waals surface area contributed by atoms with Crippen LogP contribution in [0.2, 0.25) is 0 Å².